The number of carbonyl (C=O) groups excluding carboxylic acids is 2. The molecule has 2 aromatic carbocycles. The van der Waals surface area contributed by atoms with Crippen LogP contribution in [0.1, 0.15) is 40.5 Å². The van der Waals surface area contributed by atoms with Crippen LogP contribution in [0.2, 0.25) is 0 Å². The van der Waals surface area contributed by atoms with Crippen molar-refractivity contribution in [2.24, 2.45) is 0 Å². The topological polar surface area (TPSA) is 58.6 Å². The normalized spacial score (nSPS) is 10.2. The van der Waals surface area contributed by atoms with Gasteiger partial charge < -0.3 is 15.0 Å². The van der Waals surface area contributed by atoms with Crippen molar-refractivity contribution in [3.63, 3.8) is 0 Å². The van der Waals surface area contributed by atoms with Gasteiger partial charge in [0.25, 0.3) is 11.8 Å². The number of nitrogens with one attached hydrogen (secondary N) is 1. The number of amides is 2. The molecule has 0 bridgehead atoms. The number of hydrogen-bond donors (Lipinski definition) is 1. The second kappa shape index (κ2) is 8.87. The van der Waals surface area contributed by atoms with Crippen molar-refractivity contribution in [3.8, 4) is 5.75 Å². The molecule has 132 valence electrons. The maximum absolute atomic E-state index is 12.5. The number of hydrogen-bond acceptors (Lipinski definition) is 3. The highest BCUT2D eigenvalue weighted by molar-refractivity contribution is 6.08. The summed E-state index contributed by atoms with van der Waals surface area (Å²) in [7, 11) is 3.36. The Morgan fingerprint density at radius 3 is 2.36 bits per heavy atom. The highest BCUT2D eigenvalue weighted by Crippen LogP contribution is 2.19. The first-order chi connectivity index (χ1) is 12.0. The van der Waals surface area contributed by atoms with E-state index in [4.69, 9.17) is 4.74 Å². The van der Waals surface area contributed by atoms with Crippen LogP contribution in [-0.2, 0) is 0 Å². The molecule has 0 aliphatic rings. The Balaban J connectivity index is 2.09. The third-order valence-electron chi connectivity index (χ3n) is 3.69. The van der Waals surface area contributed by atoms with Gasteiger partial charge in [0.2, 0.25) is 0 Å². The van der Waals surface area contributed by atoms with E-state index >= 15 is 0 Å². The summed E-state index contributed by atoms with van der Waals surface area (Å²) in [4.78, 5) is 26.1. The van der Waals surface area contributed by atoms with E-state index in [9.17, 15) is 9.59 Å². The molecule has 0 heterocycles. The van der Waals surface area contributed by atoms with Gasteiger partial charge in [-0.1, -0.05) is 25.5 Å². The first-order valence-electron chi connectivity index (χ1n) is 8.37. The van der Waals surface area contributed by atoms with E-state index in [-0.39, 0.29) is 11.8 Å². The zero-order valence-corrected chi connectivity index (χ0v) is 14.9. The van der Waals surface area contributed by atoms with E-state index < -0.39 is 0 Å². The zero-order valence-electron chi connectivity index (χ0n) is 14.9. The molecule has 2 aromatic rings. The van der Waals surface area contributed by atoms with Gasteiger partial charge in [-0.3, -0.25) is 9.59 Å². The molecule has 1 N–H and O–H groups in total. The van der Waals surface area contributed by atoms with Crippen LogP contribution in [0.4, 0.5) is 5.69 Å². The minimum absolute atomic E-state index is 0.157. The lowest BCUT2D eigenvalue weighted by atomic mass is 10.1. The van der Waals surface area contributed by atoms with Crippen LogP contribution in [0, 0.1) is 0 Å². The Hall–Kier alpha value is -2.82. The number of anilines is 1. The van der Waals surface area contributed by atoms with Gasteiger partial charge in [0.05, 0.1) is 17.9 Å². The van der Waals surface area contributed by atoms with E-state index in [2.05, 4.69) is 12.2 Å². The molecule has 2 rings (SSSR count). The van der Waals surface area contributed by atoms with Crippen LogP contribution in [0.3, 0.4) is 0 Å². The molecule has 0 atom stereocenters. The van der Waals surface area contributed by atoms with E-state index in [1.807, 2.05) is 0 Å². The number of para-hydroxylation sites is 1. The Bertz CT molecular complexity index is 724. The summed E-state index contributed by atoms with van der Waals surface area (Å²) in [5.41, 5.74) is 1.46. The van der Waals surface area contributed by atoms with Gasteiger partial charge in [-0.15, -0.1) is 0 Å². The number of nitrogens with zero attached hydrogens (tertiary/aromatic N) is 1. The van der Waals surface area contributed by atoms with Crippen molar-refractivity contribution in [2.75, 3.05) is 26.0 Å². The van der Waals surface area contributed by atoms with Crippen LogP contribution in [0.15, 0.2) is 48.5 Å². The van der Waals surface area contributed by atoms with Gasteiger partial charge in [0, 0.05) is 19.7 Å². The first-order valence-corrected chi connectivity index (χ1v) is 8.37. The van der Waals surface area contributed by atoms with Crippen LogP contribution in [0.25, 0.3) is 0 Å². The van der Waals surface area contributed by atoms with E-state index in [1.54, 1.807) is 62.6 Å². The predicted octanol–water partition coefficient (Wildman–Crippen LogP) is 3.82. The third-order valence-corrected chi connectivity index (χ3v) is 3.69. The fourth-order valence-corrected chi connectivity index (χ4v) is 2.25. The second-order valence-corrected chi connectivity index (χ2v) is 5.93. The van der Waals surface area contributed by atoms with Gasteiger partial charge in [-0.05, 0) is 42.8 Å². The zero-order chi connectivity index (χ0) is 18.2. The smallest absolute Gasteiger partial charge is 0.255 e. The quantitative estimate of drug-likeness (QED) is 0.780. The number of rotatable bonds is 7. The van der Waals surface area contributed by atoms with E-state index in [0.29, 0.717) is 23.4 Å². The van der Waals surface area contributed by atoms with Gasteiger partial charge >= 0.3 is 0 Å². The largest absolute Gasteiger partial charge is 0.494 e. The van der Waals surface area contributed by atoms with Gasteiger partial charge in [-0.2, -0.15) is 0 Å². The molecule has 0 unspecified atom stereocenters. The summed E-state index contributed by atoms with van der Waals surface area (Å²) in [5.74, 6) is 0.322. The van der Waals surface area contributed by atoms with Crippen molar-refractivity contribution in [2.45, 2.75) is 19.8 Å². The maximum atomic E-state index is 12.5. The molecule has 0 fully saturated rings. The van der Waals surface area contributed by atoms with Crippen LogP contribution >= 0.6 is 0 Å². The second-order valence-electron chi connectivity index (χ2n) is 5.93. The van der Waals surface area contributed by atoms with Crippen molar-refractivity contribution in [1.82, 2.24) is 4.90 Å². The molecule has 0 spiro atoms. The molecule has 0 radical (unpaired) electrons. The molecule has 0 saturated carbocycles. The van der Waals surface area contributed by atoms with Gasteiger partial charge in [0.15, 0.2) is 0 Å². The van der Waals surface area contributed by atoms with Crippen LogP contribution in [0.5, 0.6) is 5.75 Å². The molecular weight excluding hydrogens is 316 g/mol. The molecule has 2 amide bonds. The molecule has 0 saturated heterocycles. The Kier molecular flexibility index (Phi) is 6.57. The van der Waals surface area contributed by atoms with Crippen molar-refractivity contribution >= 4 is 17.5 Å². The summed E-state index contributed by atoms with van der Waals surface area (Å²) in [5, 5.41) is 2.81. The number of ether oxygens (including phenoxy) is 1. The Morgan fingerprint density at radius 2 is 1.72 bits per heavy atom. The summed E-state index contributed by atoms with van der Waals surface area (Å²) >= 11 is 0. The molecule has 25 heavy (non-hydrogen) atoms. The highest BCUT2D eigenvalue weighted by atomic mass is 16.5. The van der Waals surface area contributed by atoms with Crippen molar-refractivity contribution in [3.05, 3.63) is 59.7 Å². The number of unbranched alkanes of at least 4 members (excludes halogenated alkanes) is 1. The van der Waals surface area contributed by atoms with Crippen LogP contribution < -0.4 is 10.1 Å². The Labute approximate surface area is 148 Å². The Morgan fingerprint density at radius 1 is 1.04 bits per heavy atom. The third kappa shape index (κ3) is 5.08. The standard InChI is InChI=1S/C20H24N2O3/c1-4-5-14-25-16-12-10-15(11-13-16)19(23)21-18-9-7-6-8-17(18)20(24)22(2)3/h6-13H,4-5,14H2,1-3H3,(H,21,23). The molecular formula is C20H24N2O3. The number of benzene rings is 2. The minimum Gasteiger partial charge on any atom is -0.494 e. The molecule has 5 nitrogen and oxygen atoms in total. The lowest BCUT2D eigenvalue weighted by molar-refractivity contribution is 0.0828. The van der Waals surface area contributed by atoms with Crippen molar-refractivity contribution < 1.29 is 14.3 Å². The summed E-state index contributed by atoms with van der Waals surface area (Å²) < 4.78 is 5.59. The lowest BCUT2D eigenvalue weighted by Gasteiger charge is -2.14. The number of carbonyl (C=O) groups is 2. The van der Waals surface area contributed by atoms with Gasteiger partial charge in [-0.25, -0.2) is 0 Å². The summed E-state index contributed by atoms with van der Waals surface area (Å²) in [6, 6.07) is 14.0. The van der Waals surface area contributed by atoms with Gasteiger partial charge in [0.1, 0.15) is 5.75 Å². The van der Waals surface area contributed by atoms with E-state index in [1.165, 1.54) is 4.90 Å². The first kappa shape index (κ1) is 18.5. The summed E-state index contributed by atoms with van der Waals surface area (Å²) in [6.07, 6.45) is 2.07. The SMILES string of the molecule is CCCCOc1ccc(C(=O)Nc2ccccc2C(=O)N(C)C)cc1. The average molecular weight is 340 g/mol. The fourth-order valence-electron chi connectivity index (χ4n) is 2.25. The average Bonchev–Trinajstić information content (AvgIpc) is 2.62. The summed E-state index contributed by atoms with van der Waals surface area (Å²) in [6.45, 7) is 2.78. The lowest BCUT2D eigenvalue weighted by Crippen LogP contribution is -2.24. The molecule has 5 heteroatoms. The predicted molar refractivity (Wildman–Crippen MR) is 99.3 cm³/mol. The highest BCUT2D eigenvalue weighted by Gasteiger charge is 2.15. The minimum atomic E-state index is -0.265. The fraction of sp³-hybridized carbons (Fsp3) is 0.300. The van der Waals surface area contributed by atoms with Crippen LogP contribution in [-0.4, -0.2) is 37.4 Å². The van der Waals surface area contributed by atoms with E-state index in [0.717, 1.165) is 18.6 Å². The monoisotopic (exact) mass is 340 g/mol. The maximum Gasteiger partial charge on any atom is 0.255 e. The molecule has 0 aliphatic heterocycles. The molecule has 0 aliphatic carbocycles. The molecule has 0 aromatic heterocycles. The van der Waals surface area contributed by atoms with Crippen molar-refractivity contribution in [1.29, 1.82) is 0 Å².